The summed E-state index contributed by atoms with van der Waals surface area (Å²) in [6.07, 6.45) is 5.10. The Balaban J connectivity index is 0.00000400. The summed E-state index contributed by atoms with van der Waals surface area (Å²) in [5.74, 6) is 2.26. The molecule has 0 unspecified atom stereocenters. The number of terminal acetylenes is 1. The first-order chi connectivity index (χ1) is 9.56. The van der Waals surface area contributed by atoms with E-state index in [1.807, 2.05) is 0 Å². The summed E-state index contributed by atoms with van der Waals surface area (Å²) in [6, 6.07) is 0. The topological polar surface area (TPSA) is 112 Å². The van der Waals surface area contributed by atoms with Gasteiger partial charge in [-0.1, -0.05) is 5.92 Å². The van der Waals surface area contributed by atoms with Crippen LogP contribution in [0.25, 0.3) is 0 Å². The molecule has 1 rings (SSSR count). The van der Waals surface area contributed by atoms with Gasteiger partial charge in [0.05, 0.1) is 20.1 Å². The number of carbonyl (C=O) groups is 1. The molecule has 1 heterocycles. The van der Waals surface area contributed by atoms with Crippen molar-refractivity contribution in [2.75, 3.05) is 42.9 Å². The summed E-state index contributed by atoms with van der Waals surface area (Å²) >= 11 is 0. The van der Waals surface area contributed by atoms with Gasteiger partial charge in [-0.3, -0.25) is 9.63 Å². The Kier molecular flexibility index (Phi) is 8.52. The quantitative estimate of drug-likeness (QED) is 0.458. The van der Waals surface area contributed by atoms with Crippen LogP contribution in [0.15, 0.2) is 0 Å². The summed E-state index contributed by atoms with van der Waals surface area (Å²) < 4.78 is 0. The van der Waals surface area contributed by atoms with Gasteiger partial charge in [-0.25, -0.2) is 5.06 Å². The van der Waals surface area contributed by atoms with Gasteiger partial charge >= 0.3 is 5.97 Å². The van der Waals surface area contributed by atoms with Gasteiger partial charge in [0.1, 0.15) is 0 Å². The smallest absolute Gasteiger partial charge is 0.305 e. The lowest BCUT2D eigenvalue weighted by Gasteiger charge is -2.15. The van der Waals surface area contributed by atoms with Crippen LogP contribution in [0, 0.1) is 12.3 Å². The molecule has 1 aromatic heterocycles. The normalized spacial score (nSPS) is 9.19. The first kappa shape index (κ1) is 18.7. The van der Waals surface area contributed by atoms with E-state index < -0.39 is 5.97 Å². The molecule has 116 valence electrons. The minimum atomic E-state index is -0.911. The summed E-state index contributed by atoms with van der Waals surface area (Å²) in [5, 5.41) is 15.5. The molecule has 0 fully saturated rings. The molecular formula is C11H17ClN6O3. The fourth-order valence-corrected chi connectivity index (χ4v) is 1.16. The predicted molar refractivity (Wildman–Crippen MR) is 80.6 cm³/mol. The molecule has 0 saturated heterocycles. The van der Waals surface area contributed by atoms with Crippen molar-refractivity contribution in [3.8, 4) is 12.3 Å². The second-order valence-electron chi connectivity index (χ2n) is 3.59. The summed E-state index contributed by atoms with van der Waals surface area (Å²) in [4.78, 5) is 27.7. The molecule has 10 heteroatoms. The van der Waals surface area contributed by atoms with Crippen molar-refractivity contribution >= 4 is 36.2 Å². The van der Waals surface area contributed by atoms with Crippen LogP contribution < -0.4 is 15.7 Å². The van der Waals surface area contributed by atoms with E-state index in [0.29, 0.717) is 0 Å². The zero-order valence-electron chi connectivity index (χ0n) is 11.7. The molecular weight excluding hydrogens is 300 g/mol. The van der Waals surface area contributed by atoms with Crippen molar-refractivity contribution in [3.05, 3.63) is 0 Å². The summed E-state index contributed by atoms with van der Waals surface area (Å²) in [5.41, 5.74) is 0. The zero-order chi connectivity index (χ0) is 15.0. The van der Waals surface area contributed by atoms with Crippen molar-refractivity contribution in [3.63, 3.8) is 0 Å². The molecule has 0 aliphatic rings. The molecule has 0 aromatic carbocycles. The van der Waals surface area contributed by atoms with Gasteiger partial charge in [0.25, 0.3) is 5.95 Å². The lowest BCUT2D eigenvalue weighted by Crippen LogP contribution is -2.21. The summed E-state index contributed by atoms with van der Waals surface area (Å²) in [6.45, 7) is 0.457. The maximum Gasteiger partial charge on any atom is 0.305 e. The summed E-state index contributed by atoms with van der Waals surface area (Å²) in [7, 11) is 3.09. The average Bonchev–Trinajstić information content (AvgIpc) is 2.43. The molecule has 0 atom stereocenters. The number of hydroxylamine groups is 1. The van der Waals surface area contributed by atoms with Crippen molar-refractivity contribution in [2.24, 2.45) is 0 Å². The molecule has 0 radical (unpaired) electrons. The Morgan fingerprint density at radius 1 is 1.38 bits per heavy atom. The Labute approximate surface area is 128 Å². The van der Waals surface area contributed by atoms with Crippen LogP contribution in [-0.2, 0) is 9.63 Å². The first-order valence-corrected chi connectivity index (χ1v) is 5.73. The third-order valence-corrected chi connectivity index (χ3v) is 2.15. The molecule has 0 aliphatic heterocycles. The minimum Gasteiger partial charge on any atom is -0.481 e. The lowest BCUT2D eigenvalue weighted by atomic mass is 10.4. The van der Waals surface area contributed by atoms with Gasteiger partial charge in [0.2, 0.25) is 11.9 Å². The highest BCUT2D eigenvalue weighted by Crippen LogP contribution is 2.12. The van der Waals surface area contributed by atoms with Crippen LogP contribution in [0.4, 0.5) is 17.8 Å². The fourth-order valence-electron chi connectivity index (χ4n) is 1.16. The Morgan fingerprint density at radius 2 is 2.00 bits per heavy atom. The van der Waals surface area contributed by atoms with E-state index in [0.717, 1.165) is 0 Å². The highest BCUT2D eigenvalue weighted by molar-refractivity contribution is 5.85. The maximum atomic E-state index is 10.5. The fraction of sp³-hybridized carbons (Fsp3) is 0.455. The van der Waals surface area contributed by atoms with Gasteiger partial charge in [-0.05, 0) is 0 Å². The number of anilines is 3. The third-order valence-electron chi connectivity index (χ3n) is 2.15. The SMILES string of the molecule is C#CCNc1nc(NCCC(=O)O)nc(N(C)OC)n1.Cl. The van der Waals surface area contributed by atoms with E-state index in [9.17, 15) is 4.79 Å². The largest absolute Gasteiger partial charge is 0.481 e. The van der Waals surface area contributed by atoms with Gasteiger partial charge in [-0.15, -0.1) is 18.8 Å². The third kappa shape index (κ3) is 6.60. The van der Waals surface area contributed by atoms with E-state index in [1.165, 1.54) is 12.2 Å². The Morgan fingerprint density at radius 3 is 2.52 bits per heavy atom. The average molecular weight is 317 g/mol. The number of carboxylic acids is 1. The number of hydrogen-bond donors (Lipinski definition) is 3. The van der Waals surface area contributed by atoms with Crippen molar-refractivity contribution < 1.29 is 14.7 Å². The lowest BCUT2D eigenvalue weighted by molar-refractivity contribution is -0.136. The van der Waals surface area contributed by atoms with Crippen LogP contribution in [0.1, 0.15) is 6.42 Å². The van der Waals surface area contributed by atoms with E-state index in [-0.39, 0.29) is 49.8 Å². The Hall–Kier alpha value is -2.31. The van der Waals surface area contributed by atoms with Gasteiger partial charge in [0, 0.05) is 13.6 Å². The molecule has 0 aliphatic carbocycles. The number of rotatable bonds is 8. The second-order valence-corrected chi connectivity index (χ2v) is 3.59. The van der Waals surface area contributed by atoms with E-state index in [1.54, 1.807) is 7.05 Å². The standard InChI is InChI=1S/C11H16N6O3.ClH/c1-4-6-12-9-14-10(13-7-5-8(18)19)16-11(15-9)17(2)20-3;/h1H,5-7H2,2-3H3,(H,18,19)(H2,12,13,14,15,16);1H. The number of hydrogen-bond acceptors (Lipinski definition) is 8. The van der Waals surface area contributed by atoms with Gasteiger partial charge in [-0.2, -0.15) is 15.0 Å². The molecule has 3 N–H and O–H groups in total. The number of halogens is 1. The van der Waals surface area contributed by atoms with E-state index in [2.05, 4.69) is 31.5 Å². The highest BCUT2D eigenvalue weighted by Gasteiger charge is 2.10. The number of nitrogens with one attached hydrogen (secondary N) is 2. The number of aliphatic carboxylic acids is 1. The van der Waals surface area contributed by atoms with Crippen LogP contribution >= 0.6 is 12.4 Å². The van der Waals surface area contributed by atoms with Gasteiger partial charge < -0.3 is 15.7 Å². The number of aromatic nitrogens is 3. The van der Waals surface area contributed by atoms with Crippen LogP contribution in [0.2, 0.25) is 0 Å². The molecule has 9 nitrogen and oxygen atoms in total. The minimum absolute atomic E-state index is 0. The number of carboxylic acid groups (broad SMARTS) is 1. The molecule has 0 bridgehead atoms. The Bertz CT molecular complexity index is 507. The molecule has 21 heavy (non-hydrogen) atoms. The van der Waals surface area contributed by atoms with Crippen molar-refractivity contribution in [1.29, 1.82) is 0 Å². The highest BCUT2D eigenvalue weighted by atomic mass is 35.5. The zero-order valence-corrected chi connectivity index (χ0v) is 12.5. The van der Waals surface area contributed by atoms with Crippen molar-refractivity contribution in [1.82, 2.24) is 15.0 Å². The number of nitrogens with zero attached hydrogens (tertiary/aromatic N) is 4. The van der Waals surface area contributed by atoms with E-state index >= 15 is 0 Å². The molecule has 0 spiro atoms. The second kappa shape index (κ2) is 9.57. The van der Waals surface area contributed by atoms with Crippen molar-refractivity contribution in [2.45, 2.75) is 6.42 Å². The monoisotopic (exact) mass is 316 g/mol. The molecule has 1 aromatic rings. The predicted octanol–water partition coefficient (Wildman–Crippen LogP) is 0.223. The van der Waals surface area contributed by atoms with Gasteiger partial charge in [0.15, 0.2) is 0 Å². The van der Waals surface area contributed by atoms with Crippen LogP contribution in [-0.4, -0.2) is 53.3 Å². The van der Waals surface area contributed by atoms with Crippen LogP contribution in [0.3, 0.4) is 0 Å². The molecule has 0 saturated carbocycles. The molecule has 0 amide bonds. The van der Waals surface area contributed by atoms with Crippen LogP contribution in [0.5, 0.6) is 0 Å². The first-order valence-electron chi connectivity index (χ1n) is 5.73. The van der Waals surface area contributed by atoms with E-state index in [4.69, 9.17) is 16.4 Å². The maximum absolute atomic E-state index is 10.5.